The van der Waals surface area contributed by atoms with Gasteiger partial charge in [-0.15, -0.1) is 0 Å². The number of ether oxygens (including phenoxy) is 4. The molecule has 30 heavy (non-hydrogen) atoms. The number of guanidine groups is 1. The van der Waals surface area contributed by atoms with E-state index in [0.717, 1.165) is 17.6 Å². The number of anilines is 1. The van der Waals surface area contributed by atoms with Gasteiger partial charge in [-0.1, -0.05) is 0 Å². The van der Waals surface area contributed by atoms with Gasteiger partial charge in [0.25, 0.3) is 0 Å². The number of benzene rings is 2. The van der Waals surface area contributed by atoms with Crippen LogP contribution in [0.4, 0.5) is 5.69 Å². The van der Waals surface area contributed by atoms with Gasteiger partial charge in [0.15, 0.2) is 11.5 Å². The number of hydrogen-bond acceptors (Lipinski definition) is 7. The molecule has 0 aliphatic heterocycles. The quantitative estimate of drug-likeness (QED) is 0.459. The minimum Gasteiger partial charge on any atom is -0.494 e. The van der Waals surface area contributed by atoms with Crippen molar-refractivity contribution in [2.75, 3.05) is 39.5 Å². The van der Waals surface area contributed by atoms with Gasteiger partial charge in [-0.2, -0.15) is 0 Å². The van der Waals surface area contributed by atoms with E-state index in [-0.39, 0.29) is 12.5 Å². The number of nitrogens with one attached hydrogen (secondary N) is 2. The first-order valence-electron chi connectivity index (χ1n) is 9.10. The minimum atomic E-state index is -3.54. The van der Waals surface area contributed by atoms with E-state index in [0.29, 0.717) is 29.5 Å². The highest BCUT2D eigenvalue weighted by atomic mass is 32.2. The van der Waals surface area contributed by atoms with Gasteiger partial charge in [-0.3, -0.25) is 4.72 Å². The van der Waals surface area contributed by atoms with Crippen molar-refractivity contribution >= 4 is 21.7 Å². The van der Waals surface area contributed by atoms with Crippen molar-refractivity contribution in [3.8, 4) is 23.0 Å². The summed E-state index contributed by atoms with van der Waals surface area (Å²) in [5.74, 6) is 2.23. The largest absolute Gasteiger partial charge is 0.494 e. The maximum atomic E-state index is 11.8. The summed E-state index contributed by atoms with van der Waals surface area (Å²) in [5.41, 5.74) is 1.39. The summed E-state index contributed by atoms with van der Waals surface area (Å²) in [5, 5.41) is 2.97. The first kappa shape index (κ1) is 23.1. The fourth-order valence-corrected chi connectivity index (χ4v) is 3.07. The number of aliphatic imine (C=N–C) groups is 1. The molecule has 2 aromatic rings. The van der Waals surface area contributed by atoms with Crippen molar-refractivity contribution in [3.05, 3.63) is 42.0 Å². The van der Waals surface area contributed by atoms with Crippen molar-refractivity contribution in [1.29, 1.82) is 0 Å². The molecule has 0 radical (unpaired) electrons. The van der Waals surface area contributed by atoms with E-state index in [4.69, 9.17) is 18.9 Å². The zero-order valence-corrected chi connectivity index (χ0v) is 18.5. The van der Waals surface area contributed by atoms with Gasteiger partial charge in [0.2, 0.25) is 21.7 Å². The summed E-state index contributed by atoms with van der Waals surface area (Å²) < 4.78 is 47.3. The van der Waals surface area contributed by atoms with Crippen LogP contribution in [0.25, 0.3) is 0 Å². The molecule has 0 aliphatic carbocycles. The second kappa shape index (κ2) is 10.6. The fraction of sp³-hybridized carbons (Fsp3) is 0.350. The first-order chi connectivity index (χ1) is 14.3. The Morgan fingerprint density at radius 1 is 1.00 bits per heavy atom. The smallest absolute Gasteiger partial charge is 0.232 e. The lowest BCUT2D eigenvalue weighted by Crippen LogP contribution is -2.35. The van der Waals surface area contributed by atoms with Crippen molar-refractivity contribution in [2.45, 2.75) is 13.5 Å². The van der Waals surface area contributed by atoms with Gasteiger partial charge < -0.3 is 24.3 Å². The Hall–Kier alpha value is -3.14. The molecule has 164 valence electrons. The van der Waals surface area contributed by atoms with Gasteiger partial charge in [0, 0.05) is 5.69 Å². The lowest BCUT2D eigenvalue weighted by Gasteiger charge is -2.14. The second-order valence-corrected chi connectivity index (χ2v) is 7.90. The molecule has 0 saturated carbocycles. The maximum Gasteiger partial charge on any atom is 0.232 e. The standard InChI is InChI=1S/C20H27N3O6S/c1-6-29-16-9-7-15(8-10-16)22-20(23-30(5,24)25)21-13-14-11-17(26-2)19(28-4)18(12-14)27-3/h7-12H,6,13H2,1-5H3,(H2,21,22,23). The van der Waals surface area contributed by atoms with Crippen LogP contribution in [-0.2, 0) is 16.6 Å². The van der Waals surface area contributed by atoms with Gasteiger partial charge >= 0.3 is 0 Å². The van der Waals surface area contributed by atoms with E-state index in [1.54, 1.807) is 36.4 Å². The number of rotatable bonds is 9. The molecule has 2 rings (SSSR count). The van der Waals surface area contributed by atoms with Crippen molar-refractivity contribution in [2.24, 2.45) is 4.99 Å². The Labute approximate surface area is 177 Å². The molecule has 0 atom stereocenters. The monoisotopic (exact) mass is 437 g/mol. The summed E-state index contributed by atoms with van der Waals surface area (Å²) in [6.45, 7) is 2.62. The molecule has 0 bridgehead atoms. The molecule has 0 fully saturated rings. The maximum absolute atomic E-state index is 11.8. The average molecular weight is 438 g/mol. The fourth-order valence-electron chi connectivity index (χ4n) is 2.61. The normalized spacial score (nSPS) is 11.6. The third-order valence-corrected chi connectivity index (χ3v) is 4.42. The number of hydrogen-bond donors (Lipinski definition) is 2. The molecule has 10 heteroatoms. The zero-order chi connectivity index (χ0) is 22.1. The molecule has 0 saturated heterocycles. The Balaban J connectivity index is 2.28. The molecule has 0 heterocycles. The van der Waals surface area contributed by atoms with E-state index in [2.05, 4.69) is 15.0 Å². The van der Waals surface area contributed by atoms with Gasteiger partial charge in [-0.25, -0.2) is 13.4 Å². The Bertz CT molecular complexity index is 950. The van der Waals surface area contributed by atoms with Gasteiger partial charge in [-0.05, 0) is 48.9 Å². The van der Waals surface area contributed by atoms with E-state index >= 15 is 0 Å². The Morgan fingerprint density at radius 3 is 2.07 bits per heavy atom. The van der Waals surface area contributed by atoms with Crippen LogP contribution in [0.1, 0.15) is 12.5 Å². The second-order valence-electron chi connectivity index (χ2n) is 6.16. The Kier molecular flexibility index (Phi) is 8.16. The van der Waals surface area contributed by atoms with Crippen LogP contribution in [0.5, 0.6) is 23.0 Å². The third kappa shape index (κ3) is 6.73. The zero-order valence-electron chi connectivity index (χ0n) is 17.7. The highest BCUT2D eigenvalue weighted by Gasteiger charge is 2.14. The van der Waals surface area contributed by atoms with Crippen LogP contribution in [0.15, 0.2) is 41.4 Å². The summed E-state index contributed by atoms with van der Waals surface area (Å²) in [4.78, 5) is 4.37. The first-order valence-corrected chi connectivity index (χ1v) is 11.0. The number of sulfonamides is 1. The summed E-state index contributed by atoms with van der Waals surface area (Å²) >= 11 is 0. The topological polar surface area (TPSA) is 107 Å². The van der Waals surface area contributed by atoms with Crippen LogP contribution >= 0.6 is 0 Å². The molecular weight excluding hydrogens is 410 g/mol. The predicted octanol–water partition coefficient (Wildman–Crippen LogP) is 2.63. The highest BCUT2D eigenvalue weighted by molar-refractivity contribution is 7.89. The summed E-state index contributed by atoms with van der Waals surface area (Å²) in [6, 6.07) is 10.6. The van der Waals surface area contributed by atoms with E-state index < -0.39 is 10.0 Å². The van der Waals surface area contributed by atoms with E-state index in [1.807, 2.05) is 6.92 Å². The van der Waals surface area contributed by atoms with Crippen molar-refractivity contribution in [3.63, 3.8) is 0 Å². The summed E-state index contributed by atoms with van der Waals surface area (Å²) in [7, 11) is 1.03. The predicted molar refractivity (Wildman–Crippen MR) is 116 cm³/mol. The molecule has 9 nitrogen and oxygen atoms in total. The molecule has 0 spiro atoms. The van der Waals surface area contributed by atoms with E-state index in [1.165, 1.54) is 21.3 Å². The van der Waals surface area contributed by atoms with Gasteiger partial charge in [0.1, 0.15) is 5.75 Å². The van der Waals surface area contributed by atoms with Crippen molar-refractivity contribution in [1.82, 2.24) is 4.72 Å². The van der Waals surface area contributed by atoms with Crippen LogP contribution in [-0.4, -0.2) is 48.6 Å². The third-order valence-electron chi connectivity index (χ3n) is 3.85. The van der Waals surface area contributed by atoms with Crippen LogP contribution < -0.4 is 29.0 Å². The number of nitrogens with zero attached hydrogens (tertiary/aromatic N) is 1. The molecule has 0 unspecified atom stereocenters. The molecule has 0 aliphatic rings. The molecule has 0 aromatic heterocycles. The average Bonchev–Trinajstić information content (AvgIpc) is 2.71. The molecule has 0 amide bonds. The Morgan fingerprint density at radius 2 is 1.60 bits per heavy atom. The minimum absolute atomic E-state index is 0.0791. The molecule has 2 aromatic carbocycles. The SMILES string of the molecule is CCOc1ccc(NC(=NCc2cc(OC)c(OC)c(OC)c2)NS(C)(=O)=O)cc1. The van der Waals surface area contributed by atoms with Crippen LogP contribution in [0.2, 0.25) is 0 Å². The summed E-state index contributed by atoms with van der Waals surface area (Å²) in [6.07, 6.45) is 1.06. The molecular formula is C20H27N3O6S. The van der Waals surface area contributed by atoms with Crippen molar-refractivity contribution < 1.29 is 27.4 Å². The van der Waals surface area contributed by atoms with Crippen LogP contribution in [0, 0.1) is 0 Å². The number of methoxy groups -OCH3 is 3. The lowest BCUT2D eigenvalue weighted by molar-refractivity contribution is 0.324. The lowest BCUT2D eigenvalue weighted by atomic mass is 10.2. The van der Waals surface area contributed by atoms with Crippen LogP contribution in [0.3, 0.4) is 0 Å². The highest BCUT2D eigenvalue weighted by Crippen LogP contribution is 2.38. The van der Waals surface area contributed by atoms with Gasteiger partial charge in [0.05, 0.1) is 40.7 Å². The molecule has 2 N–H and O–H groups in total. The van der Waals surface area contributed by atoms with E-state index in [9.17, 15) is 8.42 Å².